The molecule has 2 saturated heterocycles. The standard InChI is InChI=1S/C43H70N4O10/c1-11-34-43(8,54)37(50)29(6)47(21-15-20-44-41(52)45-32-19-14-17-30-16-12-13-18-31(30)32)24-25(2)23-42(7,53)38(27(4)35(48)28(5)39(51)56-34)57-40-36(49)33(46(9)10)22-26(3)55-40/h12-14,16-19,25-29,33-38,40,48-50,53-54H,11,15,20-24H2,1-10H3,(H2,44,45,52)/t25-,26-,27+,28-,29-,33+,34-,35+,36-,37-,38-,40+,42-,43-/m1/s1. The highest BCUT2D eigenvalue weighted by Crippen LogP contribution is 2.37. The molecule has 7 N–H and O–H groups in total. The van der Waals surface area contributed by atoms with Crippen molar-refractivity contribution in [2.45, 2.75) is 147 Å². The fraction of sp³-hybridized carbons (Fsp3) is 0.721. The summed E-state index contributed by atoms with van der Waals surface area (Å²) in [4.78, 5) is 30.5. The second-order valence-corrected chi connectivity index (χ2v) is 17.4. The van der Waals surface area contributed by atoms with Crippen LogP contribution in [0.5, 0.6) is 0 Å². The van der Waals surface area contributed by atoms with Crippen LogP contribution in [0.15, 0.2) is 42.5 Å². The first-order chi connectivity index (χ1) is 26.7. The molecule has 2 amide bonds. The number of benzene rings is 2. The van der Waals surface area contributed by atoms with Gasteiger partial charge < -0.3 is 55.3 Å². The van der Waals surface area contributed by atoms with E-state index in [0.29, 0.717) is 38.2 Å². The van der Waals surface area contributed by atoms with Gasteiger partial charge in [0.1, 0.15) is 23.9 Å². The van der Waals surface area contributed by atoms with E-state index in [1.807, 2.05) is 80.2 Å². The zero-order chi connectivity index (χ0) is 42.4. The Morgan fingerprint density at radius 2 is 1.67 bits per heavy atom. The number of carbonyl (C=O) groups is 2. The Morgan fingerprint density at radius 3 is 2.33 bits per heavy atom. The van der Waals surface area contributed by atoms with Crippen LogP contribution >= 0.6 is 0 Å². The van der Waals surface area contributed by atoms with Crippen molar-refractivity contribution in [3.8, 4) is 0 Å². The van der Waals surface area contributed by atoms with Crippen LogP contribution in [0.1, 0.15) is 81.1 Å². The number of nitrogens with zero attached hydrogens (tertiary/aromatic N) is 2. The first-order valence-electron chi connectivity index (χ1n) is 20.6. The number of amides is 2. The van der Waals surface area contributed by atoms with Gasteiger partial charge in [-0.15, -0.1) is 0 Å². The molecular weight excluding hydrogens is 732 g/mol. The Kier molecular flexibility index (Phi) is 16.3. The maximum absolute atomic E-state index is 13.7. The van der Waals surface area contributed by atoms with Gasteiger partial charge in [-0.2, -0.15) is 0 Å². The summed E-state index contributed by atoms with van der Waals surface area (Å²) >= 11 is 0. The van der Waals surface area contributed by atoms with Crippen LogP contribution in [0.3, 0.4) is 0 Å². The molecule has 0 aromatic heterocycles. The molecule has 14 heteroatoms. The van der Waals surface area contributed by atoms with Gasteiger partial charge >= 0.3 is 12.0 Å². The van der Waals surface area contributed by atoms with Crippen molar-refractivity contribution in [3.05, 3.63) is 42.5 Å². The number of ether oxygens (including phenoxy) is 3. The topological polar surface area (TPSA) is 194 Å². The summed E-state index contributed by atoms with van der Waals surface area (Å²) in [6, 6.07) is 12.2. The van der Waals surface area contributed by atoms with Gasteiger partial charge in [-0.3, -0.25) is 9.69 Å². The number of rotatable bonds is 9. The van der Waals surface area contributed by atoms with E-state index >= 15 is 0 Å². The normalized spacial score (nSPS) is 37.9. The smallest absolute Gasteiger partial charge is 0.319 e. The summed E-state index contributed by atoms with van der Waals surface area (Å²) in [5, 5.41) is 66.8. The van der Waals surface area contributed by atoms with Crippen LogP contribution in [0.25, 0.3) is 10.8 Å². The third-order valence-corrected chi connectivity index (χ3v) is 12.2. The number of anilines is 1. The summed E-state index contributed by atoms with van der Waals surface area (Å²) in [5.41, 5.74) is -2.78. The molecule has 0 unspecified atom stereocenters. The predicted octanol–water partition coefficient (Wildman–Crippen LogP) is 3.71. The molecule has 0 radical (unpaired) electrons. The second-order valence-electron chi connectivity index (χ2n) is 17.4. The third-order valence-electron chi connectivity index (χ3n) is 12.2. The zero-order valence-electron chi connectivity index (χ0n) is 35.6. The average molecular weight is 803 g/mol. The lowest BCUT2D eigenvalue weighted by Crippen LogP contribution is -2.59. The van der Waals surface area contributed by atoms with Gasteiger partial charge in [0.2, 0.25) is 0 Å². The molecule has 57 heavy (non-hydrogen) atoms. The Bertz CT molecular complexity index is 1600. The molecular formula is C43H70N4O10. The lowest BCUT2D eigenvalue weighted by molar-refractivity contribution is -0.299. The Morgan fingerprint density at radius 1 is 1.00 bits per heavy atom. The molecule has 0 aliphatic carbocycles. The molecule has 0 saturated carbocycles. The van der Waals surface area contributed by atoms with Crippen molar-refractivity contribution in [2.24, 2.45) is 17.8 Å². The van der Waals surface area contributed by atoms with Crippen molar-refractivity contribution in [1.29, 1.82) is 0 Å². The molecule has 2 aromatic rings. The quantitative estimate of drug-likeness (QED) is 0.144. The Labute approximate surface area is 338 Å². The van der Waals surface area contributed by atoms with Crippen molar-refractivity contribution in [2.75, 3.05) is 39.0 Å². The number of likely N-dealkylation sites (N-methyl/N-ethyl adjacent to an activating group) is 1. The van der Waals surface area contributed by atoms with Crippen LogP contribution in [0, 0.1) is 17.8 Å². The fourth-order valence-corrected chi connectivity index (χ4v) is 8.88. The van der Waals surface area contributed by atoms with Gasteiger partial charge in [-0.1, -0.05) is 57.2 Å². The van der Waals surface area contributed by atoms with E-state index in [4.69, 9.17) is 14.2 Å². The number of urea groups is 1. The number of aliphatic hydroxyl groups is 5. The molecule has 2 aliphatic heterocycles. The molecule has 14 atom stereocenters. The Hall–Kier alpha value is -2.92. The minimum absolute atomic E-state index is 0.169. The minimum Gasteiger partial charge on any atom is -0.459 e. The number of nitrogens with one attached hydrogen (secondary N) is 2. The highest BCUT2D eigenvalue weighted by atomic mass is 16.7. The van der Waals surface area contributed by atoms with Gasteiger partial charge in [-0.25, -0.2) is 4.79 Å². The van der Waals surface area contributed by atoms with E-state index in [2.05, 4.69) is 10.6 Å². The first-order valence-corrected chi connectivity index (χ1v) is 20.6. The van der Waals surface area contributed by atoms with Crippen LogP contribution < -0.4 is 10.6 Å². The molecule has 0 bridgehead atoms. The van der Waals surface area contributed by atoms with Gasteiger partial charge in [0, 0.05) is 43.0 Å². The number of aliphatic hydroxyl groups excluding tert-OH is 3. The summed E-state index contributed by atoms with van der Waals surface area (Å²) < 4.78 is 18.5. The molecule has 322 valence electrons. The average Bonchev–Trinajstić information content (AvgIpc) is 3.15. The maximum atomic E-state index is 13.7. The second kappa shape index (κ2) is 19.9. The van der Waals surface area contributed by atoms with Gasteiger partial charge in [0.05, 0.1) is 35.5 Å². The van der Waals surface area contributed by atoms with Crippen LogP contribution in [-0.4, -0.2) is 147 Å². The molecule has 2 fully saturated rings. The zero-order valence-corrected chi connectivity index (χ0v) is 35.6. The van der Waals surface area contributed by atoms with Crippen molar-refractivity contribution >= 4 is 28.5 Å². The van der Waals surface area contributed by atoms with Crippen molar-refractivity contribution in [3.63, 3.8) is 0 Å². The highest BCUT2D eigenvalue weighted by molar-refractivity contribution is 6.01. The summed E-state index contributed by atoms with van der Waals surface area (Å²) in [6.07, 6.45) is -5.96. The van der Waals surface area contributed by atoms with E-state index in [-0.39, 0.29) is 36.9 Å². The van der Waals surface area contributed by atoms with E-state index in [9.17, 15) is 35.1 Å². The number of fused-ring (bicyclic) bond motifs is 1. The predicted molar refractivity (Wildman–Crippen MR) is 219 cm³/mol. The largest absolute Gasteiger partial charge is 0.459 e. The first kappa shape index (κ1) is 46.8. The van der Waals surface area contributed by atoms with Crippen LogP contribution in [0.2, 0.25) is 0 Å². The molecule has 14 nitrogen and oxygen atoms in total. The SMILES string of the molecule is CC[C@H]1OC(=O)[C@H](C)[C@@H](O)[C@H](C)[C@@H](O[C@@H]2O[C@H](C)C[C@H](N(C)C)[C@H]2O)[C@](C)(O)C[C@@H](C)CN(CCCNC(=O)Nc2cccc3ccccc23)[C@H](C)[C@@H](O)[C@]1(C)O. The number of esters is 1. The van der Waals surface area contributed by atoms with Crippen molar-refractivity contribution < 1.29 is 49.3 Å². The van der Waals surface area contributed by atoms with E-state index in [1.165, 1.54) is 13.8 Å². The number of carbonyl (C=O) groups excluding carboxylic acids is 2. The molecule has 2 aromatic carbocycles. The van der Waals surface area contributed by atoms with Gasteiger partial charge in [0.15, 0.2) is 6.29 Å². The van der Waals surface area contributed by atoms with E-state index < -0.39 is 71.9 Å². The highest BCUT2D eigenvalue weighted by Gasteiger charge is 2.50. The third kappa shape index (κ3) is 11.4. The van der Waals surface area contributed by atoms with E-state index in [1.54, 1.807) is 27.7 Å². The molecule has 2 heterocycles. The Balaban J connectivity index is 1.59. The summed E-state index contributed by atoms with van der Waals surface area (Å²) in [5.74, 6) is -2.96. The number of cyclic esters (lactones) is 1. The van der Waals surface area contributed by atoms with Crippen LogP contribution in [0.4, 0.5) is 10.5 Å². The maximum Gasteiger partial charge on any atom is 0.319 e. The molecule has 4 rings (SSSR count). The monoisotopic (exact) mass is 803 g/mol. The fourth-order valence-electron chi connectivity index (χ4n) is 8.88. The summed E-state index contributed by atoms with van der Waals surface area (Å²) in [6.45, 7) is 14.8. The number of hydrogen-bond acceptors (Lipinski definition) is 12. The van der Waals surface area contributed by atoms with Crippen molar-refractivity contribution in [1.82, 2.24) is 15.1 Å². The lowest BCUT2D eigenvalue weighted by Gasteiger charge is -2.46. The van der Waals surface area contributed by atoms with Gasteiger partial charge in [0.25, 0.3) is 0 Å². The number of hydrogen-bond donors (Lipinski definition) is 7. The van der Waals surface area contributed by atoms with Gasteiger partial charge in [-0.05, 0) is 91.8 Å². The molecule has 2 aliphatic rings. The lowest BCUT2D eigenvalue weighted by atomic mass is 9.78. The van der Waals surface area contributed by atoms with Crippen LogP contribution in [-0.2, 0) is 19.0 Å². The van der Waals surface area contributed by atoms with E-state index in [0.717, 1.165) is 10.8 Å². The summed E-state index contributed by atoms with van der Waals surface area (Å²) in [7, 11) is 3.73. The minimum atomic E-state index is -1.87. The molecule has 0 spiro atoms.